The highest BCUT2D eigenvalue weighted by molar-refractivity contribution is 7.90. The van der Waals surface area contributed by atoms with Crippen molar-refractivity contribution in [1.29, 1.82) is 0 Å². The summed E-state index contributed by atoms with van der Waals surface area (Å²) >= 11 is 5.97. The summed E-state index contributed by atoms with van der Waals surface area (Å²) in [4.78, 5) is 0. The maximum Gasteiger partial charge on any atom is 0.149 e. The maximum atomic E-state index is 11.1. The molecule has 5 heteroatoms. The van der Waals surface area contributed by atoms with Gasteiger partial charge >= 0.3 is 0 Å². The van der Waals surface area contributed by atoms with Gasteiger partial charge in [0.15, 0.2) is 0 Å². The molecule has 0 spiro atoms. The topological polar surface area (TPSA) is 46.2 Å². The molecule has 1 atom stereocenters. The lowest BCUT2D eigenvalue weighted by Gasteiger charge is -2.16. The van der Waals surface area contributed by atoms with Crippen LogP contribution in [0.4, 0.5) is 5.69 Å². The number of anilines is 1. The van der Waals surface area contributed by atoms with Gasteiger partial charge in [-0.15, -0.1) is 0 Å². The van der Waals surface area contributed by atoms with Crippen LogP contribution >= 0.6 is 11.6 Å². The number of rotatable bonds is 4. The number of hydrogen-bond acceptors (Lipinski definition) is 3. The fourth-order valence-electron chi connectivity index (χ4n) is 1.53. The molecule has 0 saturated carbocycles. The van der Waals surface area contributed by atoms with E-state index in [1.807, 2.05) is 32.0 Å². The van der Waals surface area contributed by atoms with Crippen LogP contribution in [0.2, 0.25) is 5.02 Å². The first-order valence-electron chi connectivity index (χ1n) is 4.99. The van der Waals surface area contributed by atoms with E-state index in [1.54, 1.807) is 0 Å². The molecular formula is C11H16ClNO2S. The standard InChI is InChI=1S/C11H16ClNO2S/c1-8(7-16(3,14)15)13-11-6-4-5-10(12)9(11)2/h4-6,8,13H,7H2,1-3H3. The van der Waals surface area contributed by atoms with E-state index >= 15 is 0 Å². The van der Waals surface area contributed by atoms with Gasteiger partial charge in [-0.2, -0.15) is 0 Å². The molecule has 0 radical (unpaired) electrons. The van der Waals surface area contributed by atoms with Gasteiger partial charge in [0.2, 0.25) is 0 Å². The maximum absolute atomic E-state index is 11.1. The molecule has 3 nitrogen and oxygen atoms in total. The van der Waals surface area contributed by atoms with Gasteiger partial charge < -0.3 is 5.32 Å². The monoisotopic (exact) mass is 261 g/mol. The molecule has 90 valence electrons. The Hall–Kier alpha value is -0.740. The van der Waals surface area contributed by atoms with Gasteiger partial charge in [0.25, 0.3) is 0 Å². The average Bonchev–Trinajstić information content (AvgIpc) is 2.09. The van der Waals surface area contributed by atoms with Crippen molar-refractivity contribution in [2.24, 2.45) is 0 Å². The molecule has 0 aliphatic rings. The Morgan fingerprint density at radius 3 is 2.62 bits per heavy atom. The van der Waals surface area contributed by atoms with Gasteiger partial charge in [0, 0.05) is 23.0 Å². The quantitative estimate of drug-likeness (QED) is 0.906. The van der Waals surface area contributed by atoms with Crippen LogP contribution in [-0.4, -0.2) is 26.5 Å². The van der Waals surface area contributed by atoms with E-state index < -0.39 is 9.84 Å². The fraction of sp³-hybridized carbons (Fsp3) is 0.455. The van der Waals surface area contributed by atoms with E-state index in [0.717, 1.165) is 11.3 Å². The van der Waals surface area contributed by atoms with Crippen molar-refractivity contribution in [3.63, 3.8) is 0 Å². The number of hydrogen-bond donors (Lipinski definition) is 1. The largest absolute Gasteiger partial charge is 0.381 e. The predicted molar refractivity (Wildman–Crippen MR) is 69.0 cm³/mol. The molecule has 0 aliphatic carbocycles. The molecule has 0 bridgehead atoms. The lowest BCUT2D eigenvalue weighted by atomic mass is 10.2. The molecule has 0 amide bonds. The van der Waals surface area contributed by atoms with E-state index in [2.05, 4.69) is 5.32 Å². The van der Waals surface area contributed by atoms with E-state index in [-0.39, 0.29) is 11.8 Å². The Morgan fingerprint density at radius 2 is 2.06 bits per heavy atom. The van der Waals surface area contributed by atoms with Crippen LogP contribution in [0, 0.1) is 6.92 Å². The Kier molecular flexibility index (Phi) is 4.21. The molecule has 0 saturated heterocycles. The first-order chi connectivity index (χ1) is 7.29. The highest BCUT2D eigenvalue weighted by Crippen LogP contribution is 2.23. The van der Waals surface area contributed by atoms with Crippen LogP contribution < -0.4 is 5.32 Å². The molecule has 0 fully saturated rings. The Bertz CT molecular complexity index is 471. The van der Waals surface area contributed by atoms with Gasteiger partial charge in [0.05, 0.1) is 5.75 Å². The summed E-state index contributed by atoms with van der Waals surface area (Å²) < 4.78 is 22.2. The summed E-state index contributed by atoms with van der Waals surface area (Å²) in [6, 6.07) is 5.40. The van der Waals surface area contributed by atoms with Crippen LogP contribution in [0.15, 0.2) is 18.2 Å². The first kappa shape index (κ1) is 13.3. The average molecular weight is 262 g/mol. The Balaban J connectivity index is 2.77. The van der Waals surface area contributed by atoms with Crippen molar-refractivity contribution in [2.75, 3.05) is 17.3 Å². The Morgan fingerprint density at radius 1 is 1.44 bits per heavy atom. The van der Waals surface area contributed by atoms with Crippen LogP contribution in [-0.2, 0) is 9.84 Å². The Labute approximate surface area is 102 Å². The lowest BCUT2D eigenvalue weighted by molar-refractivity contribution is 0.598. The molecule has 0 aromatic heterocycles. The summed E-state index contributed by atoms with van der Waals surface area (Å²) in [5, 5.41) is 3.82. The molecular weight excluding hydrogens is 246 g/mol. The van der Waals surface area contributed by atoms with Gasteiger partial charge in [-0.1, -0.05) is 17.7 Å². The summed E-state index contributed by atoms with van der Waals surface area (Å²) in [6.45, 7) is 3.74. The number of halogens is 1. The molecule has 1 rings (SSSR count). The zero-order chi connectivity index (χ0) is 12.3. The normalized spacial score (nSPS) is 13.5. The SMILES string of the molecule is Cc1c(Cl)cccc1NC(C)CS(C)(=O)=O. The van der Waals surface area contributed by atoms with Crippen molar-refractivity contribution >= 4 is 27.1 Å². The first-order valence-corrected chi connectivity index (χ1v) is 7.43. The van der Waals surface area contributed by atoms with Gasteiger partial charge in [-0.05, 0) is 31.5 Å². The van der Waals surface area contributed by atoms with Crippen molar-refractivity contribution in [3.8, 4) is 0 Å². The number of sulfone groups is 1. The fourth-order valence-corrected chi connectivity index (χ4v) is 2.69. The highest BCUT2D eigenvalue weighted by atomic mass is 35.5. The van der Waals surface area contributed by atoms with E-state index in [1.165, 1.54) is 6.26 Å². The van der Waals surface area contributed by atoms with Crippen molar-refractivity contribution in [3.05, 3.63) is 28.8 Å². The molecule has 1 aromatic rings. The zero-order valence-electron chi connectivity index (χ0n) is 9.62. The molecule has 1 N–H and O–H groups in total. The van der Waals surface area contributed by atoms with Gasteiger partial charge in [-0.25, -0.2) is 8.42 Å². The molecule has 1 aromatic carbocycles. The third-order valence-corrected chi connectivity index (χ3v) is 3.74. The van der Waals surface area contributed by atoms with E-state index in [0.29, 0.717) is 5.02 Å². The molecule has 0 aliphatic heterocycles. The second kappa shape index (κ2) is 5.06. The van der Waals surface area contributed by atoms with Gasteiger partial charge in [-0.3, -0.25) is 0 Å². The van der Waals surface area contributed by atoms with Crippen LogP contribution in [0.3, 0.4) is 0 Å². The van der Waals surface area contributed by atoms with Crippen molar-refractivity contribution in [1.82, 2.24) is 0 Å². The highest BCUT2D eigenvalue weighted by Gasteiger charge is 2.11. The summed E-state index contributed by atoms with van der Waals surface area (Å²) in [5.41, 5.74) is 1.81. The second-order valence-electron chi connectivity index (χ2n) is 4.05. The predicted octanol–water partition coefficient (Wildman–Crippen LogP) is 2.49. The molecule has 1 unspecified atom stereocenters. The van der Waals surface area contributed by atoms with Crippen molar-refractivity contribution < 1.29 is 8.42 Å². The minimum atomic E-state index is -2.96. The molecule has 16 heavy (non-hydrogen) atoms. The second-order valence-corrected chi connectivity index (χ2v) is 6.64. The van der Waals surface area contributed by atoms with Crippen LogP contribution in [0.1, 0.15) is 12.5 Å². The van der Waals surface area contributed by atoms with Crippen LogP contribution in [0.25, 0.3) is 0 Å². The van der Waals surface area contributed by atoms with E-state index in [4.69, 9.17) is 11.6 Å². The summed E-state index contributed by atoms with van der Waals surface area (Å²) in [7, 11) is -2.96. The third-order valence-electron chi connectivity index (χ3n) is 2.22. The van der Waals surface area contributed by atoms with Crippen LogP contribution in [0.5, 0.6) is 0 Å². The zero-order valence-corrected chi connectivity index (χ0v) is 11.2. The minimum Gasteiger partial charge on any atom is -0.381 e. The lowest BCUT2D eigenvalue weighted by Crippen LogP contribution is -2.25. The smallest absolute Gasteiger partial charge is 0.149 e. The third kappa shape index (κ3) is 4.02. The summed E-state index contributed by atoms with van der Waals surface area (Å²) in [6.07, 6.45) is 1.23. The number of benzene rings is 1. The van der Waals surface area contributed by atoms with Crippen molar-refractivity contribution in [2.45, 2.75) is 19.9 Å². The van der Waals surface area contributed by atoms with E-state index in [9.17, 15) is 8.42 Å². The molecule has 0 heterocycles. The minimum absolute atomic E-state index is 0.110. The summed E-state index contributed by atoms with van der Waals surface area (Å²) in [5.74, 6) is 0.110. The van der Waals surface area contributed by atoms with Gasteiger partial charge in [0.1, 0.15) is 9.84 Å². The number of nitrogens with one attached hydrogen (secondary N) is 1.